The minimum Gasteiger partial charge on any atom is -0.315 e. The van der Waals surface area contributed by atoms with E-state index in [1.165, 1.54) is 11.3 Å². The molecule has 0 saturated carbocycles. The van der Waals surface area contributed by atoms with Crippen molar-refractivity contribution in [3.8, 4) is 0 Å². The van der Waals surface area contributed by atoms with Crippen molar-refractivity contribution in [2.45, 2.75) is 36.9 Å². The minimum absolute atomic E-state index is 0.0237. The first kappa shape index (κ1) is 13.0. The van der Waals surface area contributed by atoms with Gasteiger partial charge in [-0.1, -0.05) is 0 Å². The fraction of sp³-hybridized carbons (Fsp3) is 0.636. The van der Waals surface area contributed by atoms with E-state index in [-0.39, 0.29) is 6.04 Å². The van der Waals surface area contributed by atoms with Crippen molar-refractivity contribution in [3.05, 3.63) is 16.5 Å². The molecule has 0 bridgehead atoms. The van der Waals surface area contributed by atoms with Crippen LogP contribution in [-0.2, 0) is 10.0 Å². The quantitative estimate of drug-likeness (QED) is 0.876. The van der Waals surface area contributed by atoms with Crippen LogP contribution in [0, 0.1) is 13.8 Å². The van der Waals surface area contributed by atoms with E-state index in [2.05, 4.69) is 10.0 Å². The zero-order chi connectivity index (χ0) is 12.5. The first-order valence-corrected chi connectivity index (χ1v) is 8.09. The molecule has 2 heterocycles. The Balaban J connectivity index is 2.15. The molecule has 1 fully saturated rings. The molecule has 0 aliphatic carbocycles. The van der Waals surface area contributed by atoms with E-state index in [1.807, 2.05) is 19.9 Å². The molecule has 1 aliphatic rings. The van der Waals surface area contributed by atoms with Crippen molar-refractivity contribution in [2.24, 2.45) is 0 Å². The lowest BCUT2D eigenvalue weighted by Gasteiger charge is -2.23. The number of nitrogens with one attached hydrogen (secondary N) is 2. The number of thiophene rings is 1. The average Bonchev–Trinajstić information content (AvgIpc) is 2.59. The summed E-state index contributed by atoms with van der Waals surface area (Å²) in [4.78, 5) is 1.03. The topological polar surface area (TPSA) is 58.2 Å². The van der Waals surface area contributed by atoms with Crippen LogP contribution in [0.5, 0.6) is 0 Å². The van der Waals surface area contributed by atoms with Crippen molar-refractivity contribution >= 4 is 21.4 Å². The van der Waals surface area contributed by atoms with Gasteiger partial charge in [0.25, 0.3) is 10.0 Å². The van der Waals surface area contributed by atoms with Crippen molar-refractivity contribution in [1.82, 2.24) is 10.0 Å². The highest BCUT2D eigenvalue weighted by Crippen LogP contribution is 2.26. The minimum atomic E-state index is -3.34. The molecule has 1 aromatic heterocycles. The Labute approximate surface area is 106 Å². The van der Waals surface area contributed by atoms with Crippen LogP contribution in [0.2, 0.25) is 0 Å². The monoisotopic (exact) mass is 274 g/mol. The fourth-order valence-corrected chi connectivity index (χ4v) is 5.07. The summed E-state index contributed by atoms with van der Waals surface area (Å²) >= 11 is 1.34. The van der Waals surface area contributed by atoms with Crippen molar-refractivity contribution in [1.29, 1.82) is 0 Å². The number of rotatable bonds is 3. The Morgan fingerprint density at radius 3 is 2.76 bits per heavy atom. The van der Waals surface area contributed by atoms with Gasteiger partial charge < -0.3 is 5.32 Å². The van der Waals surface area contributed by atoms with Gasteiger partial charge in [0.2, 0.25) is 0 Å². The molecule has 0 aromatic carbocycles. The second kappa shape index (κ2) is 5.06. The summed E-state index contributed by atoms with van der Waals surface area (Å²) < 4.78 is 27.7. The maximum Gasteiger partial charge on any atom is 0.250 e. The highest BCUT2D eigenvalue weighted by atomic mass is 32.2. The zero-order valence-corrected chi connectivity index (χ0v) is 11.7. The van der Waals surface area contributed by atoms with Gasteiger partial charge in [0.05, 0.1) is 0 Å². The Morgan fingerprint density at radius 1 is 1.47 bits per heavy atom. The maximum atomic E-state index is 12.2. The number of sulfonamides is 1. The first-order chi connectivity index (χ1) is 7.99. The summed E-state index contributed by atoms with van der Waals surface area (Å²) in [5.41, 5.74) is 0.837. The van der Waals surface area contributed by atoms with Gasteiger partial charge in [0.1, 0.15) is 4.21 Å². The molecule has 1 aliphatic heterocycles. The fourth-order valence-electron chi connectivity index (χ4n) is 2.11. The Bertz CT molecular complexity index is 488. The van der Waals surface area contributed by atoms with Gasteiger partial charge in [-0.05, 0) is 44.9 Å². The van der Waals surface area contributed by atoms with Gasteiger partial charge in [-0.15, -0.1) is 11.3 Å². The number of piperidine rings is 1. The van der Waals surface area contributed by atoms with E-state index in [1.54, 1.807) is 0 Å². The first-order valence-electron chi connectivity index (χ1n) is 5.79. The van der Waals surface area contributed by atoms with E-state index >= 15 is 0 Å². The van der Waals surface area contributed by atoms with E-state index in [9.17, 15) is 8.42 Å². The van der Waals surface area contributed by atoms with Gasteiger partial charge in [-0.2, -0.15) is 0 Å². The van der Waals surface area contributed by atoms with Crippen LogP contribution >= 0.6 is 11.3 Å². The zero-order valence-electron chi connectivity index (χ0n) is 10.1. The molecule has 1 unspecified atom stereocenters. The summed E-state index contributed by atoms with van der Waals surface area (Å²) in [6.45, 7) is 5.48. The molecule has 0 radical (unpaired) electrons. The van der Waals surface area contributed by atoms with Crippen LogP contribution in [0.1, 0.15) is 23.3 Å². The lowest BCUT2D eigenvalue weighted by molar-refractivity contribution is 0.429. The Morgan fingerprint density at radius 2 is 2.24 bits per heavy atom. The standard InChI is InChI=1S/C11H18N2O2S2/c1-8-6-9(2)16-11(8)17(14,15)13-10-4-3-5-12-7-10/h6,10,12-13H,3-5,7H2,1-2H3. The molecule has 1 saturated heterocycles. The van der Waals surface area contributed by atoms with Crippen LogP contribution < -0.4 is 10.0 Å². The number of hydrogen-bond acceptors (Lipinski definition) is 4. The van der Waals surface area contributed by atoms with Gasteiger partial charge in [0.15, 0.2) is 0 Å². The lowest BCUT2D eigenvalue weighted by atomic mass is 10.1. The van der Waals surface area contributed by atoms with Gasteiger partial charge in [0, 0.05) is 17.5 Å². The SMILES string of the molecule is Cc1cc(C)c(S(=O)(=O)NC2CCCNC2)s1. The highest BCUT2D eigenvalue weighted by Gasteiger charge is 2.24. The van der Waals surface area contributed by atoms with Crippen LogP contribution in [0.15, 0.2) is 10.3 Å². The average molecular weight is 274 g/mol. The molecule has 0 spiro atoms. The van der Waals surface area contributed by atoms with E-state index < -0.39 is 10.0 Å². The van der Waals surface area contributed by atoms with Gasteiger partial charge in [-0.3, -0.25) is 0 Å². The molecule has 96 valence electrons. The molecule has 1 aromatic rings. The molecule has 1 atom stereocenters. The van der Waals surface area contributed by atoms with Gasteiger partial charge >= 0.3 is 0 Å². The van der Waals surface area contributed by atoms with Crippen LogP contribution in [0.25, 0.3) is 0 Å². The van der Waals surface area contributed by atoms with Crippen LogP contribution in [0.3, 0.4) is 0 Å². The van der Waals surface area contributed by atoms with Gasteiger partial charge in [-0.25, -0.2) is 13.1 Å². The predicted octanol–water partition coefficient (Wildman–Crippen LogP) is 1.40. The molecular formula is C11H18N2O2S2. The molecule has 2 N–H and O–H groups in total. The summed E-state index contributed by atoms with van der Waals surface area (Å²) in [5.74, 6) is 0. The highest BCUT2D eigenvalue weighted by molar-refractivity contribution is 7.91. The molecule has 6 heteroatoms. The summed E-state index contributed by atoms with van der Waals surface area (Å²) in [7, 11) is -3.34. The summed E-state index contributed by atoms with van der Waals surface area (Å²) in [6, 6.07) is 1.94. The van der Waals surface area contributed by atoms with E-state index in [0.717, 1.165) is 36.4 Å². The van der Waals surface area contributed by atoms with Crippen molar-refractivity contribution < 1.29 is 8.42 Å². The molecule has 2 rings (SSSR count). The second-order valence-corrected chi connectivity index (χ2v) is 7.66. The van der Waals surface area contributed by atoms with E-state index in [4.69, 9.17) is 0 Å². The Hall–Kier alpha value is -0.430. The number of aryl methyl sites for hydroxylation is 2. The summed E-state index contributed by atoms with van der Waals surface area (Å²) in [6.07, 6.45) is 1.94. The van der Waals surface area contributed by atoms with Crippen molar-refractivity contribution in [2.75, 3.05) is 13.1 Å². The lowest BCUT2D eigenvalue weighted by Crippen LogP contribution is -2.45. The third-order valence-electron chi connectivity index (χ3n) is 2.86. The second-order valence-electron chi connectivity index (χ2n) is 4.49. The van der Waals surface area contributed by atoms with E-state index in [0.29, 0.717) is 4.21 Å². The third kappa shape index (κ3) is 3.07. The maximum absolute atomic E-state index is 12.2. The van der Waals surface area contributed by atoms with Crippen molar-refractivity contribution in [3.63, 3.8) is 0 Å². The molecule has 17 heavy (non-hydrogen) atoms. The molecular weight excluding hydrogens is 256 g/mol. The Kier molecular flexibility index (Phi) is 3.87. The predicted molar refractivity (Wildman–Crippen MR) is 70.0 cm³/mol. The smallest absolute Gasteiger partial charge is 0.250 e. The molecule has 4 nitrogen and oxygen atoms in total. The summed E-state index contributed by atoms with van der Waals surface area (Å²) in [5, 5.41) is 3.21. The normalized spacial score (nSPS) is 21.6. The largest absolute Gasteiger partial charge is 0.315 e. The van der Waals surface area contributed by atoms with Crippen LogP contribution in [0.4, 0.5) is 0 Å². The third-order valence-corrected chi connectivity index (χ3v) is 6.17. The van der Waals surface area contributed by atoms with Crippen LogP contribution in [-0.4, -0.2) is 27.5 Å². The molecule has 0 amide bonds. The number of hydrogen-bond donors (Lipinski definition) is 2.